The van der Waals surface area contributed by atoms with Crippen LogP contribution >= 0.6 is 0 Å². The van der Waals surface area contributed by atoms with Crippen LogP contribution in [0.2, 0.25) is 0 Å². The number of hydrogen-bond donors (Lipinski definition) is 0. The number of aryl methyl sites for hydroxylation is 1. The Hall–Kier alpha value is -2.60. The summed E-state index contributed by atoms with van der Waals surface area (Å²) >= 11 is 0. The summed E-state index contributed by atoms with van der Waals surface area (Å²) in [4.78, 5) is 31.0. The lowest BCUT2D eigenvalue weighted by atomic mass is 9.84. The summed E-state index contributed by atoms with van der Waals surface area (Å²) in [5.41, 5.74) is 3.79. The number of aromatic nitrogens is 1. The molecule has 1 aromatic heterocycles. The SMILES string of the molecule is COC[C@@H]1CCCN1C(=O)C1=CN(C)[C@@H]2C[C@H]1CC(=O)c1c2c2ccccc2n1C. The maximum atomic E-state index is 13.5. The molecule has 0 N–H and O–H groups in total. The third-order valence-electron chi connectivity index (χ3n) is 7.20. The highest BCUT2D eigenvalue weighted by atomic mass is 16.5. The Morgan fingerprint density at radius 3 is 2.83 bits per heavy atom. The first-order valence-corrected chi connectivity index (χ1v) is 10.8. The normalized spacial score (nSPS) is 26.0. The van der Waals surface area contributed by atoms with Crippen molar-refractivity contribution >= 4 is 22.6 Å². The maximum Gasteiger partial charge on any atom is 0.251 e. The molecule has 3 atom stereocenters. The van der Waals surface area contributed by atoms with Crippen LogP contribution in [0.5, 0.6) is 0 Å². The third-order valence-corrected chi connectivity index (χ3v) is 7.20. The number of para-hydroxylation sites is 1. The van der Waals surface area contributed by atoms with Gasteiger partial charge in [0.05, 0.1) is 24.4 Å². The average molecular weight is 408 g/mol. The number of rotatable bonds is 3. The van der Waals surface area contributed by atoms with Gasteiger partial charge in [-0.3, -0.25) is 9.59 Å². The van der Waals surface area contributed by atoms with Crippen LogP contribution < -0.4 is 0 Å². The molecule has 6 heteroatoms. The minimum Gasteiger partial charge on any atom is -0.383 e. The van der Waals surface area contributed by atoms with Crippen molar-refractivity contribution in [2.24, 2.45) is 13.0 Å². The molecule has 5 rings (SSSR count). The van der Waals surface area contributed by atoms with E-state index >= 15 is 0 Å². The van der Waals surface area contributed by atoms with Crippen molar-refractivity contribution < 1.29 is 14.3 Å². The Morgan fingerprint density at radius 1 is 1.23 bits per heavy atom. The molecule has 2 aliphatic heterocycles. The molecule has 1 amide bonds. The number of hydrogen-bond acceptors (Lipinski definition) is 4. The Morgan fingerprint density at radius 2 is 2.03 bits per heavy atom. The second-order valence-electron chi connectivity index (χ2n) is 8.91. The summed E-state index contributed by atoms with van der Waals surface area (Å²) in [5, 5.41) is 1.14. The minimum absolute atomic E-state index is 0.0406. The standard InChI is InChI=1S/C24H29N3O3/c1-25-13-18(24(29)27-10-6-7-16(27)14-30-3)15-11-20(25)22-17-8-4-5-9-19(17)26(2)23(22)21(28)12-15/h4-5,8-9,13,15-16,20H,6-7,10-12,14H2,1-3H3/t15-,16-,20+/m0/s1. The Kier molecular flexibility index (Phi) is 4.69. The fraction of sp³-hybridized carbons (Fsp3) is 0.500. The Bertz CT molecular complexity index is 1050. The van der Waals surface area contributed by atoms with E-state index < -0.39 is 0 Å². The maximum absolute atomic E-state index is 13.5. The average Bonchev–Trinajstić information content (AvgIpc) is 3.28. The number of nitrogens with zero attached hydrogens (tertiary/aromatic N) is 3. The number of Topliss-reactive ketones (excluding diaryl/α,β-unsaturated/α-hetero) is 1. The zero-order valence-electron chi connectivity index (χ0n) is 17.9. The van der Waals surface area contributed by atoms with Crippen molar-refractivity contribution in [2.75, 3.05) is 27.3 Å². The number of ketones is 1. The quantitative estimate of drug-likeness (QED) is 0.784. The Labute approximate surface area is 177 Å². The van der Waals surface area contributed by atoms with Gasteiger partial charge in [0.15, 0.2) is 5.78 Å². The van der Waals surface area contributed by atoms with E-state index in [1.165, 1.54) is 0 Å². The van der Waals surface area contributed by atoms with Crippen LogP contribution in [0.3, 0.4) is 0 Å². The summed E-state index contributed by atoms with van der Waals surface area (Å²) in [6.45, 7) is 1.33. The first-order chi connectivity index (χ1) is 14.5. The van der Waals surface area contributed by atoms with Gasteiger partial charge in [-0.1, -0.05) is 18.2 Å². The van der Waals surface area contributed by atoms with E-state index in [0.29, 0.717) is 13.0 Å². The van der Waals surface area contributed by atoms with Crippen LogP contribution in [0.25, 0.3) is 10.9 Å². The molecule has 0 radical (unpaired) electrons. The van der Waals surface area contributed by atoms with Crippen LogP contribution in [0.1, 0.15) is 47.8 Å². The molecule has 2 bridgehead atoms. The fourth-order valence-corrected chi connectivity index (χ4v) is 5.77. The molecule has 3 heterocycles. The molecule has 3 aliphatic rings. The van der Waals surface area contributed by atoms with E-state index in [9.17, 15) is 9.59 Å². The summed E-state index contributed by atoms with van der Waals surface area (Å²) in [5.74, 6) is 0.176. The molecule has 1 fully saturated rings. The number of fused-ring (bicyclic) bond motifs is 6. The zero-order valence-corrected chi connectivity index (χ0v) is 17.9. The van der Waals surface area contributed by atoms with Gasteiger partial charge in [-0.15, -0.1) is 0 Å². The molecule has 6 nitrogen and oxygen atoms in total. The van der Waals surface area contributed by atoms with E-state index in [4.69, 9.17) is 4.74 Å². The molecule has 0 spiro atoms. The molecule has 158 valence electrons. The number of benzene rings is 1. The van der Waals surface area contributed by atoms with Gasteiger partial charge >= 0.3 is 0 Å². The van der Waals surface area contributed by atoms with Crippen molar-refractivity contribution in [1.29, 1.82) is 0 Å². The number of amides is 1. The molecular formula is C24H29N3O3. The lowest BCUT2D eigenvalue weighted by Crippen LogP contribution is -2.42. The summed E-state index contributed by atoms with van der Waals surface area (Å²) in [6, 6.07) is 8.47. The molecule has 0 saturated carbocycles. The van der Waals surface area contributed by atoms with Crippen LogP contribution in [-0.4, -0.2) is 59.4 Å². The topological polar surface area (TPSA) is 54.8 Å². The molecule has 30 heavy (non-hydrogen) atoms. The predicted molar refractivity (Wildman–Crippen MR) is 115 cm³/mol. The monoisotopic (exact) mass is 407 g/mol. The third kappa shape index (κ3) is 2.81. The predicted octanol–water partition coefficient (Wildman–Crippen LogP) is 3.28. The van der Waals surface area contributed by atoms with Gasteiger partial charge in [0, 0.05) is 68.3 Å². The van der Waals surface area contributed by atoms with E-state index in [1.807, 2.05) is 41.9 Å². The highest BCUT2D eigenvalue weighted by Gasteiger charge is 2.42. The molecule has 0 unspecified atom stereocenters. The first-order valence-electron chi connectivity index (χ1n) is 10.8. The molecular weight excluding hydrogens is 378 g/mol. The number of likely N-dealkylation sites (tertiary alicyclic amines) is 1. The lowest BCUT2D eigenvalue weighted by molar-refractivity contribution is -0.129. The van der Waals surface area contributed by atoms with Gasteiger partial charge < -0.3 is 19.1 Å². The number of methoxy groups -OCH3 is 1. The first kappa shape index (κ1) is 19.4. The van der Waals surface area contributed by atoms with E-state index in [-0.39, 0.29) is 29.7 Å². The highest BCUT2D eigenvalue weighted by Crippen LogP contribution is 2.46. The summed E-state index contributed by atoms with van der Waals surface area (Å²) in [6.07, 6.45) is 5.18. The van der Waals surface area contributed by atoms with E-state index in [0.717, 1.165) is 53.5 Å². The fourth-order valence-electron chi connectivity index (χ4n) is 5.77. The van der Waals surface area contributed by atoms with Crippen LogP contribution in [0, 0.1) is 5.92 Å². The second kappa shape index (κ2) is 7.27. The number of ether oxygens (including phenoxy) is 1. The zero-order chi connectivity index (χ0) is 21.0. The van der Waals surface area contributed by atoms with E-state index in [2.05, 4.69) is 17.0 Å². The summed E-state index contributed by atoms with van der Waals surface area (Å²) in [7, 11) is 5.70. The van der Waals surface area contributed by atoms with Gasteiger partial charge in [0.25, 0.3) is 5.91 Å². The smallest absolute Gasteiger partial charge is 0.251 e. The van der Waals surface area contributed by atoms with Crippen molar-refractivity contribution in [3.05, 3.63) is 47.3 Å². The van der Waals surface area contributed by atoms with Gasteiger partial charge in [0.1, 0.15) is 0 Å². The van der Waals surface area contributed by atoms with Crippen molar-refractivity contribution in [1.82, 2.24) is 14.4 Å². The van der Waals surface area contributed by atoms with Gasteiger partial charge in [0.2, 0.25) is 0 Å². The molecule has 1 aliphatic carbocycles. The lowest BCUT2D eigenvalue weighted by Gasteiger charge is -2.37. The van der Waals surface area contributed by atoms with Crippen molar-refractivity contribution in [3.8, 4) is 0 Å². The van der Waals surface area contributed by atoms with Gasteiger partial charge in [-0.2, -0.15) is 0 Å². The summed E-state index contributed by atoms with van der Waals surface area (Å²) < 4.78 is 7.38. The van der Waals surface area contributed by atoms with Gasteiger partial charge in [-0.25, -0.2) is 0 Å². The molecule has 2 aromatic rings. The van der Waals surface area contributed by atoms with Crippen LogP contribution in [0.15, 0.2) is 36.0 Å². The number of carbonyl (C=O) groups is 2. The second-order valence-corrected chi connectivity index (χ2v) is 8.91. The largest absolute Gasteiger partial charge is 0.383 e. The Balaban J connectivity index is 1.55. The van der Waals surface area contributed by atoms with Crippen LogP contribution in [0.4, 0.5) is 0 Å². The van der Waals surface area contributed by atoms with Crippen molar-refractivity contribution in [2.45, 2.75) is 37.8 Å². The van der Waals surface area contributed by atoms with Gasteiger partial charge in [-0.05, 0) is 25.3 Å². The molecule has 1 aromatic carbocycles. The minimum atomic E-state index is -0.0406. The van der Waals surface area contributed by atoms with Crippen molar-refractivity contribution in [3.63, 3.8) is 0 Å². The molecule has 1 saturated heterocycles. The highest BCUT2D eigenvalue weighted by molar-refractivity contribution is 6.05. The number of carbonyl (C=O) groups excluding carboxylic acids is 2. The van der Waals surface area contributed by atoms with E-state index in [1.54, 1.807) is 7.11 Å². The van der Waals surface area contributed by atoms with Crippen LogP contribution in [-0.2, 0) is 16.6 Å².